The van der Waals surface area contributed by atoms with Crippen LogP contribution in [0.2, 0.25) is 0 Å². The van der Waals surface area contributed by atoms with Gasteiger partial charge in [0.1, 0.15) is 5.75 Å². The molecule has 0 radical (unpaired) electrons. The quantitative estimate of drug-likeness (QED) is 0.623. The van der Waals surface area contributed by atoms with Gasteiger partial charge in [-0.25, -0.2) is 13.1 Å². The van der Waals surface area contributed by atoms with Gasteiger partial charge < -0.3 is 4.74 Å². The third-order valence-electron chi connectivity index (χ3n) is 2.32. The summed E-state index contributed by atoms with van der Waals surface area (Å²) in [5, 5.41) is 0. The van der Waals surface area contributed by atoms with Gasteiger partial charge in [-0.1, -0.05) is 6.08 Å². The number of nitrogens with one attached hydrogen (secondary N) is 1. The van der Waals surface area contributed by atoms with E-state index in [4.69, 9.17) is 4.74 Å². The van der Waals surface area contributed by atoms with Crippen LogP contribution in [0.4, 0.5) is 0 Å². The highest BCUT2D eigenvalue weighted by atomic mass is 32.2. The number of hydrogen-bond donors (Lipinski definition) is 1. The molecule has 0 bridgehead atoms. The summed E-state index contributed by atoms with van der Waals surface area (Å²) in [6.45, 7) is 5.70. The van der Waals surface area contributed by atoms with Gasteiger partial charge in [0, 0.05) is 6.54 Å². The molecule has 1 aromatic carbocycles. The average Bonchev–Trinajstić information content (AvgIpc) is 2.29. The van der Waals surface area contributed by atoms with Gasteiger partial charge >= 0.3 is 0 Å². The second kappa shape index (κ2) is 5.84. The van der Waals surface area contributed by atoms with E-state index >= 15 is 0 Å². The van der Waals surface area contributed by atoms with Crippen molar-refractivity contribution in [3.8, 4) is 5.75 Å². The largest absolute Gasteiger partial charge is 0.496 e. The molecule has 1 N–H and O–H groups in total. The molecule has 0 aliphatic heterocycles. The molecule has 94 valence electrons. The van der Waals surface area contributed by atoms with Crippen molar-refractivity contribution in [1.82, 2.24) is 4.72 Å². The predicted octanol–water partition coefficient (Wildman–Crippen LogP) is 1.86. The van der Waals surface area contributed by atoms with E-state index in [1.54, 1.807) is 25.3 Å². The fourth-order valence-corrected chi connectivity index (χ4v) is 2.53. The number of methoxy groups -OCH3 is 1. The number of hydrogen-bond acceptors (Lipinski definition) is 3. The molecule has 0 heterocycles. The van der Waals surface area contributed by atoms with Crippen molar-refractivity contribution in [2.75, 3.05) is 13.7 Å². The molecular formula is C12H17NO3S. The molecule has 0 saturated heterocycles. The van der Waals surface area contributed by atoms with E-state index in [1.165, 1.54) is 6.07 Å². The Morgan fingerprint density at radius 3 is 2.71 bits per heavy atom. The third-order valence-corrected chi connectivity index (χ3v) is 3.78. The van der Waals surface area contributed by atoms with Crippen LogP contribution in [-0.2, 0) is 10.0 Å². The first kappa shape index (κ1) is 13.7. The van der Waals surface area contributed by atoms with E-state index in [-0.39, 0.29) is 4.90 Å². The van der Waals surface area contributed by atoms with Gasteiger partial charge in [0.15, 0.2) is 0 Å². The van der Waals surface area contributed by atoms with Crippen molar-refractivity contribution >= 4 is 10.0 Å². The Morgan fingerprint density at radius 1 is 1.47 bits per heavy atom. The highest BCUT2D eigenvalue weighted by Crippen LogP contribution is 2.21. The Hall–Kier alpha value is -1.33. The molecule has 4 nitrogen and oxygen atoms in total. The zero-order chi connectivity index (χ0) is 12.9. The molecule has 0 saturated carbocycles. The fraction of sp³-hybridized carbons (Fsp3) is 0.333. The number of ether oxygens (including phenoxy) is 1. The van der Waals surface area contributed by atoms with Crippen molar-refractivity contribution < 1.29 is 13.2 Å². The molecule has 5 heteroatoms. The molecule has 1 aromatic rings. The lowest BCUT2D eigenvalue weighted by molar-refractivity contribution is 0.411. The van der Waals surface area contributed by atoms with E-state index in [0.29, 0.717) is 18.7 Å². The van der Waals surface area contributed by atoms with E-state index in [2.05, 4.69) is 11.3 Å². The lowest BCUT2D eigenvalue weighted by atomic mass is 10.2. The Morgan fingerprint density at radius 2 is 2.18 bits per heavy atom. The summed E-state index contributed by atoms with van der Waals surface area (Å²) >= 11 is 0. The summed E-state index contributed by atoms with van der Waals surface area (Å²) in [5.41, 5.74) is 0.791. The second-order valence-electron chi connectivity index (χ2n) is 3.61. The highest BCUT2D eigenvalue weighted by Gasteiger charge is 2.14. The molecule has 0 amide bonds. The third kappa shape index (κ3) is 3.57. The predicted molar refractivity (Wildman–Crippen MR) is 67.7 cm³/mol. The minimum absolute atomic E-state index is 0.250. The van der Waals surface area contributed by atoms with Crippen molar-refractivity contribution in [3.63, 3.8) is 0 Å². The van der Waals surface area contributed by atoms with Crippen LogP contribution in [-0.4, -0.2) is 22.1 Å². The first-order chi connectivity index (χ1) is 8.01. The minimum Gasteiger partial charge on any atom is -0.496 e. The van der Waals surface area contributed by atoms with Gasteiger partial charge in [-0.3, -0.25) is 0 Å². The topological polar surface area (TPSA) is 55.4 Å². The normalized spacial score (nSPS) is 11.2. The van der Waals surface area contributed by atoms with Crippen LogP contribution >= 0.6 is 0 Å². The first-order valence-corrected chi connectivity index (χ1v) is 6.75. The van der Waals surface area contributed by atoms with Gasteiger partial charge in [-0.15, -0.1) is 6.58 Å². The maximum Gasteiger partial charge on any atom is 0.240 e. The van der Waals surface area contributed by atoms with Crippen molar-refractivity contribution in [2.24, 2.45) is 0 Å². The van der Waals surface area contributed by atoms with Gasteiger partial charge in [0.2, 0.25) is 10.0 Å². The molecule has 0 fully saturated rings. The fourth-order valence-electron chi connectivity index (χ4n) is 1.40. The van der Waals surface area contributed by atoms with E-state index in [9.17, 15) is 8.42 Å². The molecule has 1 rings (SSSR count). The number of rotatable bonds is 6. The lowest BCUT2D eigenvalue weighted by Crippen LogP contribution is -2.24. The van der Waals surface area contributed by atoms with Crippen LogP contribution in [0, 0.1) is 6.92 Å². The Balaban J connectivity index is 2.91. The zero-order valence-corrected chi connectivity index (χ0v) is 10.9. The van der Waals surface area contributed by atoms with Gasteiger partial charge in [0.05, 0.1) is 12.0 Å². The van der Waals surface area contributed by atoms with Crippen LogP contribution in [0.5, 0.6) is 5.75 Å². The number of sulfonamides is 1. The maximum absolute atomic E-state index is 11.9. The van der Waals surface area contributed by atoms with E-state index in [0.717, 1.165) is 5.56 Å². The molecule has 17 heavy (non-hydrogen) atoms. The Labute approximate surface area is 102 Å². The summed E-state index contributed by atoms with van der Waals surface area (Å²) < 4.78 is 31.3. The molecule has 0 aliphatic rings. The van der Waals surface area contributed by atoms with E-state index in [1.807, 2.05) is 6.92 Å². The Bertz CT molecular complexity index is 494. The molecule has 0 unspecified atom stereocenters. The second-order valence-corrected chi connectivity index (χ2v) is 5.37. The Kier molecular flexibility index (Phi) is 4.72. The van der Waals surface area contributed by atoms with Gasteiger partial charge in [-0.05, 0) is 37.1 Å². The monoisotopic (exact) mass is 255 g/mol. The zero-order valence-electron chi connectivity index (χ0n) is 10.1. The van der Waals surface area contributed by atoms with Crippen LogP contribution in [0.15, 0.2) is 35.7 Å². The summed E-state index contributed by atoms with van der Waals surface area (Å²) in [4.78, 5) is 0.250. The molecule has 0 atom stereocenters. The van der Waals surface area contributed by atoms with Crippen LogP contribution in [0.3, 0.4) is 0 Å². The summed E-state index contributed by atoms with van der Waals surface area (Å²) in [6, 6.07) is 4.77. The molecule has 0 aliphatic carbocycles. The van der Waals surface area contributed by atoms with Crippen LogP contribution < -0.4 is 9.46 Å². The minimum atomic E-state index is -3.43. The van der Waals surface area contributed by atoms with Gasteiger partial charge in [-0.2, -0.15) is 0 Å². The van der Waals surface area contributed by atoms with Crippen molar-refractivity contribution in [2.45, 2.75) is 18.2 Å². The standard InChI is InChI=1S/C12H17NO3S/c1-4-5-8-13-17(14,15)11-6-7-12(16-3)10(2)9-11/h4,6-7,9,13H,1,5,8H2,2-3H3. The number of aryl methyl sites for hydroxylation is 1. The van der Waals surface area contributed by atoms with Gasteiger partial charge in [0.25, 0.3) is 0 Å². The SMILES string of the molecule is C=CCCNS(=O)(=O)c1ccc(OC)c(C)c1. The highest BCUT2D eigenvalue weighted by molar-refractivity contribution is 7.89. The molecular weight excluding hydrogens is 238 g/mol. The summed E-state index contributed by atoms with van der Waals surface area (Å²) in [6.07, 6.45) is 2.27. The van der Waals surface area contributed by atoms with Crippen LogP contribution in [0.1, 0.15) is 12.0 Å². The molecule has 0 aromatic heterocycles. The van der Waals surface area contributed by atoms with Crippen LogP contribution in [0.25, 0.3) is 0 Å². The first-order valence-electron chi connectivity index (χ1n) is 5.26. The maximum atomic E-state index is 11.9. The smallest absolute Gasteiger partial charge is 0.240 e. The number of benzene rings is 1. The average molecular weight is 255 g/mol. The van der Waals surface area contributed by atoms with Crippen molar-refractivity contribution in [3.05, 3.63) is 36.4 Å². The van der Waals surface area contributed by atoms with Crippen molar-refractivity contribution in [1.29, 1.82) is 0 Å². The summed E-state index contributed by atoms with van der Waals surface area (Å²) in [5.74, 6) is 0.676. The molecule has 0 spiro atoms. The summed E-state index contributed by atoms with van der Waals surface area (Å²) in [7, 11) is -1.88. The van der Waals surface area contributed by atoms with E-state index < -0.39 is 10.0 Å². The lowest BCUT2D eigenvalue weighted by Gasteiger charge is -2.09.